The standard InChI is InChI=1S/C20H18N2O3/c1-24-18-10-4-5-11-19(18)25-13-7-6-12-21-20(23)17-14-15-8-2-3-9-16(15)22-17/h2-5,8-11,14,22H,12-13H2,1H3,(H,21,23). The van der Waals surface area contributed by atoms with Gasteiger partial charge in [-0.3, -0.25) is 4.79 Å². The minimum Gasteiger partial charge on any atom is -0.493 e. The van der Waals surface area contributed by atoms with Gasteiger partial charge in [0.15, 0.2) is 11.5 Å². The summed E-state index contributed by atoms with van der Waals surface area (Å²) in [7, 11) is 1.59. The number of hydrogen-bond acceptors (Lipinski definition) is 3. The van der Waals surface area contributed by atoms with Gasteiger partial charge >= 0.3 is 0 Å². The number of nitrogens with one attached hydrogen (secondary N) is 2. The van der Waals surface area contributed by atoms with Crippen molar-refractivity contribution in [3.63, 3.8) is 0 Å². The van der Waals surface area contributed by atoms with Crippen LogP contribution in [0.25, 0.3) is 10.9 Å². The zero-order valence-corrected chi connectivity index (χ0v) is 13.8. The van der Waals surface area contributed by atoms with E-state index in [1.54, 1.807) is 7.11 Å². The normalized spacial score (nSPS) is 9.96. The molecule has 126 valence electrons. The first-order chi connectivity index (χ1) is 12.3. The van der Waals surface area contributed by atoms with Crippen molar-refractivity contribution in [3.05, 3.63) is 60.3 Å². The fourth-order valence-corrected chi connectivity index (χ4v) is 2.38. The van der Waals surface area contributed by atoms with Crippen LogP contribution in [-0.2, 0) is 0 Å². The molecule has 0 fully saturated rings. The molecule has 0 bridgehead atoms. The summed E-state index contributed by atoms with van der Waals surface area (Å²) in [6, 6.07) is 16.9. The number of para-hydroxylation sites is 3. The average molecular weight is 334 g/mol. The van der Waals surface area contributed by atoms with Crippen molar-refractivity contribution in [2.24, 2.45) is 0 Å². The molecule has 1 amide bonds. The maximum Gasteiger partial charge on any atom is 0.268 e. The van der Waals surface area contributed by atoms with Gasteiger partial charge in [0.1, 0.15) is 12.3 Å². The molecule has 1 heterocycles. The van der Waals surface area contributed by atoms with Crippen LogP contribution in [0, 0.1) is 11.8 Å². The summed E-state index contributed by atoms with van der Waals surface area (Å²) in [5.41, 5.74) is 1.46. The highest BCUT2D eigenvalue weighted by Gasteiger charge is 2.07. The van der Waals surface area contributed by atoms with E-state index in [4.69, 9.17) is 9.47 Å². The molecule has 0 spiro atoms. The Balaban J connectivity index is 1.48. The molecule has 0 aliphatic carbocycles. The number of fused-ring (bicyclic) bond motifs is 1. The summed E-state index contributed by atoms with van der Waals surface area (Å²) < 4.78 is 10.7. The molecular formula is C20H18N2O3. The molecule has 0 aliphatic rings. The number of rotatable bonds is 5. The van der Waals surface area contributed by atoms with Crippen molar-refractivity contribution in [1.82, 2.24) is 10.3 Å². The van der Waals surface area contributed by atoms with Gasteiger partial charge < -0.3 is 19.8 Å². The molecule has 0 aliphatic heterocycles. The Morgan fingerprint density at radius 2 is 1.84 bits per heavy atom. The molecule has 0 saturated heterocycles. The molecule has 2 aromatic carbocycles. The smallest absolute Gasteiger partial charge is 0.268 e. The summed E-state index contributed by atoms with van der Waals surface area (Å²) in [4.78, 5) is 15.2. The highest BCUT2D eigenvalue weighted by atomic mass is 16.5. The summed E-state index contributed by atoms with van der Waals surface area (Å²) in [6.07, 6.45) is 0. The van der Waals surface area contributed by atoms with Gasteiger partial charge in [0.2, 0.25) is 0 Å². The molecule has 3 aromatic rings. The summed E-state index contributed by atoms with van der Waals surface area (Å²) in [5, 5.41) is 3.76. The Labute approximate surface area is 146 Å². The van der Waals surface area contributed by atoms with Gasteiger partial charge in [-0.15, -0.1) is 0 Å². The first-order valence-electron chi connectivity index (χ1n) is 7.85. The van der Waals surface area contributed by atoms with Crippen LogP contribution in [0.4, 0.5) is 0 Å². The molecule has 0 unspecified atom stereocenters. The van der Waals surface area contributed by atoms with Gasteiger partial charge in [0.25, 0.3) is 5.91 Å². The summed E-state index contributed by atoms with van der Waals surface area (Å²) in [6.45, 7) is 0.478. The second-order valence-corrected chi connectivity index (χ2v) is 5.25. The molecule has 0 saturated carbocycles. The summed E-state index contributed by atoms with van der Waals surface area (Å²) in [5.74, 6) is 6.85. The maximum atomic E-state index is 12.1. The van der Waals surface area contributed by atoms with Crippen molar-refractivity contribution < 1.29 is 14.3 Å². The van der Waals surface area contributed by atoms with Crippen molar-refractivity contribution in [3.8, 4) is 23.3 Å². The van der Waals surface area contributed by atoms with E-state index in [0.717, 1.165) is 10.9 Å². The Bertz CT molecular complexity index is 902. The number of hydrogen-bond donors (Lipinski definition) is 2. The van der Waals surface area contributed by atoms with Crippen LogP contribution >= 0.6 is 0 Å². The molecule has 1 aromatic heterocycles. The minimum atomic E-state index is -0.184. The number of aromatic nitrogens is 1. The Kier molecular flexibility index (Phi) is 5.22. The van der Waals surface area contributed by atoms with Gasteiger partial charge in [-0.05, 0) is 24.3 Å². The Hall–Kier alpha value is -3.39. The number of methoxy groups -OCH3 is 1. The Morgan fingerprint density at radius 3 is 2.64 bits per heavy atom. The molecule has 2 N–H and O–H groups in total. The van der Waals surface area contributed by atoms with Crippen LogP contribution in [0.15, 0.2) is 54.6 Å². The number of amides is 1. The van der Waals surface area contributed by atoms with E-state index in [1.807, 2.05) is 54.6 Å². The van der Waals surface area contributed by atoms with Gasteiger partial charge in [-0.25, -0.2) is 0 Å². The van der Waals surface area contributed by atoms with E-state index in [-0.39, 0.29) is 19.1 Å². The SMILES string of the molecule is COc1ccccc1OCC#CCNC(=O)c1cc2ccccc2[nH]1. The Morgan fingerprint density at radius 1 is 1.08 bits per heavy atom. The number of H-pyrrole nitrogens is 1. The van der Waals surface area contributed by atoms with Gasteiger partial charge in [0, 0.05) is 10.9 Å². The van der Waals surface area contributed by atoms with Crippen LogP contribution in [0.5, 0.6) is 11.5 Å². The average Bonchev–Trinajstić information content (AvgIpc) is 3.09. The van der Waals surface area contributed by atoms with E-state index < -0.39 is 0 Å². The van der Waals surface area contributed by atoms with Crippen LogP contribution in [0.1, 0.15) is 10.5 Å². The third-order valence-corrected chi connectivity index (χ3v) is 3.61. The first-order valence-corrected chi connectivity index (χ1v) is 7.85. The molecule has 5 heteroatoms. The molecule has 5 nitrogen and oxygen atoms in total. The highest BCUT2D eigenvalue weighted by Crippen LogP contribution is 2.25. The molecule has 3 rings (SSSR count). The lowest BCUT2D eigenvalue weighted by molar-refractivity contribution is 0.0954. The predicted octanol–water partition coefficient (Wildman–Crippen LogP) is 2.99. The monoisotopic (exact) mass is 334 g/mol. The van der Waals surface area contributed by atoms with Crippen molar-refractivity contribution >= 4 is 16.8 Å². The van der Waals surface area contributed by atoms with Gasteiger partial charge in [0.05, 0.1) is 13.7 Å². The molecular weight excluding hydrogens is 316 g/mol. The first kappa shape index (κ1) is 16.5. The third-order valence-electron chi connectivity index (χ3n) is 3.61. The van der Waals surface area contributed by atoms with E-state index in [2.05, 4.69) is 22.1 Å². The second-order valence-electron chi connectivity index (χ2n) is 5.25. The van der Waals surface area contributed by atoms with Crippen LogP contribution in [-0.4, -0.2) is 31.2 Å². The zero-order valence-electron chi connectivity index (χ0n) is 13.8. The largest absolute Gasteiger partial charge is 0.493 e. The lowest BCUT2D eigenvalue weighted by Gasteiger charge is -2.07. The van der Waals surface area contributed by atoms with Crippen LogP contribution < -0.4 is 14.8 Å². The van der Waals surface area contributed by atoms with E-state index >= 15 is 0 Å². The lowest BCUT2D eigenvalue weighted by Crippen LogP contribution is -2.23. The van der Waals surface area contributed by atoms with E-state index in [1.165, 1.54) is 0 Å². The van der Waals surface area contributed by atoms with E-state index in [9.17, 15) is 4.79 Å². The van der Waals surface area contributed by atoms with Gasteiger partial charge in [-0.2, -0.15) is 0 Å². The lowest BCUT2D eigenvalue weighted by atomic mass is 10.2. The fourth-order valence-electron chi connectivity index (χ4n) is 2.38. The quantitative estimate of drug-likeness (QED) is 0.705. The summed E-state index contributed by atoms with van der Waals surface area (Å²) >= 11 is 0. The number of benzene rings is 2. The number of carbonyl (C=O) groups excluding carboxylic acids is 1. The molecule has 0 radical (unpaired) electrons. The highest BCUT2D eigenvalue weighted by molar-refractivity contribution is 5.98. The molecule has 25 heavy (non-hydrogen) atoms. The predicted molar refractivity (Wildman–Crippen MR) is 96.9 cm³/mol. The number of aromatic amines is 1. The van der Waals surface area contributed by atoms with Crippen molar-refractivity contribution in [1.29, 1.82) is 0 Å². The molecule has 0 atom stereocenters. The second kappa shape index (κ2) is 7.93. The van der Waals surface area contributed by atoms with Crippen molar-refractivity contribution in [2.45, 2.75) is 0 Å². The van der Waals surface area contributed by atoms with Crippen LogP contribution in [0.2, 0.25) is 0 Å². The third kappa shape index (κ3) is 4.12. The fraction of sp³-hybridized carbons (Fsp3) is 0.150. The van der Waals surface area contributed by atoms with Crippen molar-refractivity contribution in [2.75, 3.05) is 20.3 Å². The van der Waals surface area contributed by atoms with Gasteiger partial charge in [-0.1, -0.05) is 42.2 Å². The number of ether oxygens (including phenoxy) is 2. The van der Waals surface area contributed by atoms with Crippen LogP contribution in [0.3, 0.4) is 0 Å². The number of carbonyl (C=O) groups is 1. The zero-order chi connectivity index (χ0) is 17.5. The van der Waals surface area contributed by atoms with E-state index in [0.29, 0.717) is 17.2 Å². The maximum absolute atomic E-state index is 12.1. The topological polar surface area (TPSA) is 63.4 Å². The minimum absolute atomic E-state index is 0.184.